The number of nitrogens with one attached hydrogen (secondary N) is 2. The summed E-state index contributed by atoms with van der Waals surface area (Å²) in [4.78, 5) is 12.2. The van der Waals surface area contributed by atoms with Crippen molar-refractivity contribution in [3.8, 4) is 0 Å². The van der Waals surface area contributed by atoms with Crippen molar-refractivity contribution >= 4 is 37.3 Å². The number of sulfonamides is 2. The lowest BCUT2D eigenvalue weighted by Crippen LogP contribution is -2.40. The fourth-order valence-corrected chi connectivity index (χ4v) is 5.95. The lowest BCUT2D eigenvalue weighted by atomic mass is 10.2. The number of anilines is 2. The zero-order chi connectivity index (χ0) is 25.9. The van der Waals surface area contributed by atoms with Crippen molar-refractivity contribution < 1.29 is 35.1 Å². The Morgan fingerprint density at radius 1 is 0.806 bits per heavy atom. The van der Waals surface area contributed by atoms with Crippen molar-refractivity contribution in [2.24, 2.45) is 0 Å². The van der Waals surface area contributed by atoms with Crippen molar-refractivity contribution in [2.75, 3.05) is 36.3 Å². The topological polar surface area (TPSA) is 122 Å². The molecule has 1 heterocycles. The molecule has 1 aliphatic heterocycles. The minimum Gasteiger partial charge on any atom is -0.379 e. The first-order valence-corrected chi connectivity index (χ1v) is 13.6. The summed E-state index contributed by atoms with van der Waals surface area (Å²) in [6.07, 6.45) is 0. The molecule has 0 unspecified atom stereocenters. The van der Waals surface area contributed by atoms with Crippen LogP contribution in [-0.2, 0) is 24.8 Å². The molecule has 36 heavy (non-hydrogen) atoms. The molecule has 1 fully saturated rings. The molecule has 1 amide bonds. The number of rotatable bonds is 7. The van der Waals surface area contributed by atoms with Crippen LogP contribution in [0, 0.1) is 11.6 Å². The van der Waals surface area contributed by atoms with E-state index in [1.807, 2.05) is 0 Å². The number of amides is 1. The zero-order valence-corrected chi connectivity index (χ0v) is 20.3. The maximum atomic E-state index is 13.4. The lowest BCUT2D eigenvalue weighted by molar-refractivity contribution is 0.0730. The Kier molecular flexibility index (Phi) is 7.36. The summed E-state index contributed by atoms with van der Waals surface area (Å²) in [5.41, 5.74) is 0.527. The van der Waals surface area contributed by atoms with Gasteiger partial charge in [-0.15, -0.1) is 0 Å². The highest BCUT2D eigenvalue weighted by Crippen LogP contribution is 2.22. The molecule has 3 aromatic carbocycles. The van der Waals surface area contributed by atoms with E-state index < -0.39 is 42.5 Å². The van der Waals surface area contributed by atoms with E-state index in [1.54, 1.807) is 6.07 Å². The Balaban J connectivity index is 1.45. The van der Waals surface area contributed by atoms with Crippen molar-refractivity contribution in [2.45, 2.75) is 9.79 Å². The van der Waals surface area contributed by atoms with Crippen LogP contribution < -0.4 is 10.0 Å². The maximum absolute atomic E-state index is 13.4. The summed E-state index contributed by atoms with van der Waals surface area (Å²) in [7, 11) is -7.93. The third-order valence-corrected chi connectivity index (χ3v) is 8.57. The molecule has 0 atom stereocenters. The van der Waals surface area contributed by atoms with E-state index >= 15 is 0 Å². The van der Waals surface area contributed by atoms with Gasteiger partial charge in [0.25, 0.3) is 15.9 Å². The van der Waals surface area contributed by atoms with Gasteiger partial charge < -0.3 is 10.1 Å². The van der Waals surface area contributed by atoms with Gasteiger partial charge >= 0.3 is 0 Å². The van der Waals surface area contributed by atoms with Crippen LogP contribution in [0.15, 0.2) is 76.5 Å². The van der Waals surface area contributed by atoms with Gasteiger partial charge in [-0.1, -0.05) is 6.07 Å². The lowest BCUT2D eigenvalue weighted by Gasteiger charge is -2.26. The largest absolute Gasteiger partial charge is 0.379 e. The number of hydrogen-bond acceptors (Lipinski definition) is 6. The van der Waals surface area contributed by atoms with E-state index in [2.05, 4.69) is 10.0 Å². The third kappa shape index (κ3) is 5.70. The molecule has 1 aliphatic rings. The van der Waals surface area contributed by atoms with Gasteiger partial charge in [0, 0.05) is 30.0 Å². The van der Waals surface area contributed by atoms with Crippen molar-refractivity contribution in [1.29, 1.82) is 0 Å². The number of hydrogen-bond donors (Lipinski definition) is 2. The fraction of sp³-hybridized carbons (Fsp3) is 0.174. The van der Waals surface area contributed by atoms with Gasteiger partial charge in [-0.3, -0.25) is 9.52 Å². The van der Waals surface area contributed by atoms with E-state index in [-0.39, 0.29) is 34.9 Å². The van der Waals surface area contributed by atoms with E-state index in [0.717, 1.165) is 6.07 Å². The molecule has 13 heteroatoms. The number of nitrogens with zero attached hydrogens (tertiary/aromatic N) is 1. The number of morpholine rings is 1. The fourth-order valence-electron chi connectivity index (χ4n) is 3.42. The maximum Gasteiger partial charge on any atom is 0.261 e. The third-order valence-electron chi connectivity index (χ3n) is 5.30. The van der Waals surface area contributed by atoms with Crippen molar-refractivity contribution in [3.05, 3.63) is 83.9 Å². The number of ether oxygens (including phenoxy) is 1. The smallest absolute Gasteiger partial charge is 0.261 e. The average molecular weight is 538 g/mol. The van der Waals surface area contributed by atoms with Gasteiger partial charge in [-0.05, 0) is 60.7 Å². The summed E-state index contributed by atoms with van der Waals surface area (Å²) < 4.78 is 85.7. The molecular formula is C23H21F2N3O6S2. The molecular weight excluding hydrogens is 516 g/mol. The number of benzene rings is 3. The van der Waals surface area contributed by atoms with Gasteiger partial charge in [0.1, 0.15) is 0 Å². The van der Waals surface area contributed by atoms with Crippen molar-refractivity contribution in [3.63, 3.8) is 0 Å². The quantitative estimate of drug-likeness (QED) is 0.478. The summed E-state index contributed by atoms with van der Waals surface area (Å²) in [6.45, 7) is 1.10. The highest BCUT2D eigenvalue weighted by molar-refractivity contribution is 7.92. The van der Waals surface area contributed by atoms with Crippen LogP contribution in [0.5, 0.6) is 0 Å². The molecule has 190 valence electrons. The predicted octanol–water partition coefficient (Wildman–Crippen LogP) is 3.04. The summed E-state index contributed by atoms with van der Waals surface area (Å²) in [5.74, 6) is -3.02. The molecule has 2 N–H and O–H groups in total. The number of halogens is 2. The van der Waals surface area contributed by atoms with Gasteiger partial charge in [0.05, 0.1) is 23.0 Å². The first-order chi connectivity index (χ1) is 17.1. The second-order valence-electron chi connectivity index (χ2n) is 7.76. The molecule has 4 rings (SSSR count). The normalized spacial score (nSPS) is 14.8. The van der Waals surface area contributed by atoms with Crippen LogP contribution in [-0.4, -0.2) is 53.4 Å². The van der Waals surface area contributed by atoms with E-state index in [9.17, 15) is 30.4 Å². The summed E-state index contributed by atoms with van der Waals surface area (Å²) in [6, 6.07) is 13.4. The Hall–Kier alpha value is -3.39. The van der Waals surface area contributed by atoms with E-state index in [0.29, 0.717) is 25.3 Å². The summed E-state index contributed by atoms with van der Waals surface area (Å²) in [5, 5.41) is 2.62. The predicted molar refractivity (Wildman–Crippen MR) is 128 cm³/mol. The zero-order valence-electron chi connectivity index (χ0n) is 18.6. The highest BCUT2D eigenvalue weighted by Gasteiger charge is 2.26. The van der Waals surface area contributed by atoms with Crippen LogP contribution >= 0.6 is 0 Å². The van der Waals surface area contributed by atoms with E-state index in [1.165, 1.54) is 46.8 Å². The number of carbonyl (C=O) groups is 1. The van der Waals surface area contributed by atoms with Gasteiger partial charge in [0.2, 0.25) is 10.0 Å². The Bertz CT molecular complexity index is 1490. The second kappa shape index (κ2) is 10.3. The molecule has 0 spiro atoms. The molecule has 0 aromatic heterocycles. The van der Waals surface area contributed by atoms with Crippen LogP contribution in [0.4, 0.5) is 20.2 Å². The first-order valence-electron chi connectivity index (χ1n) is 10.6. The monoisotopic (exact) mass is 537 g/mol. The highest BCUT2D eigenvalue weighted by atomic mass is 32.2. The molecule has 9 nitrogen and oxygen atoms in total. The first kappa shape index (κ1) is 25.7. The molecule has 0 bridgehead atoms. The van der Waals surface area contributed by atoms with Crippen molar-refractivity contribution in [1.82, 2.24) is 4.31 Å². The minimum absolute atomic E-state index is 0.0317. The molecule has 0 aliphatic carbocycles. The van der Waals surface area contributed by atoms with Crippen LogP contribution in [0.1, 0.15) is 10.4 Å². The van der Waals surface area contributed by atoms with Gasteiger partial charge in [0.15, 0.2) is 11.6 Å². The Morgan fingerprint density at radius 2 is 1.50 bits per heavy atom. The SMILES string of the molecule is O=C(Nc1cccc(S(=O)(=O)N2CCOCC2)c1)c1ccc(NS(=O)(=O)c2ccc(F)c(F)c2)cc1. The summed E-state index contributed by atoms with van der Waals surface area (Å²) >= 11 is 0. The molecule has 0 radical (unpaired) electrons. The molecule has 3 aromatic rings. The minimum atomic E-state index is -4.19. The molecule has 0 saturated carbocycles. The Morgan fingerprint density at radius 3 is 2.17 bits per heavy atom. The Labute approximate surface area is 206 Å². The number of carbonyl (C=O) groups excluding carboxylic acids is 1. The van der Waals surface area contributed by atoms with Crippen LogP contribution in [0.25, 0.3) is 0 Å². The average Bonchev–Trinajstić information content (AvgIpc) is 2.86. The molecule has 1 saturated heterocycles. The van der Waals surface area contributed by atoms with Crippen LogP contribution in [0.3, 0.4) is 0 Å². The van der Waals surface area contributed by atoms with Crippen LogP contribution in [0.2, 0.25) is 0 Å². The van der Waals surface area contributed by atoms with Gasteiger partial charge in [-0.2, -0.15) is 4.31 Å². The van der Waals surface area contributed by atoms with Gasteiger partial charge in [-0.25, -0.2) is 25.6 Å². The van der Waals surface area contributed by atoms with E-state index in [4.69, 9.17) is 4.74 Å². The second-order valence-corrected chi connectivity index (χ2v) is 11.4. The standard InChI is InChI=1S/C23H21F2N3O6S2/c24-21-9-8-19(15-22(21)25)35(30,31)27-17-6-4-16(5-7-17)23(29)26-18-2-1-3-20(14-18)36(32,33)28-10-12-34-13-11-28/h1-9,14-15,27H,10-13H2,(H,26,29).